The number of nitrogens with zero attached hydrogens (tertiary/aromatic N) is 3. The zero-order chi connectivity index (χ0) is 28.4. The van der Waals surface area contributed by atoms with Gasteiger partial charge in [0.25, 0.3) is 5.91 Å². The van der Waals surface area contributed by atoms with Gasteiger partial charge in [-0.15, -0.1) is 0 Å². The molecule has 8 heteroatoms. The number of primary sulfonamides is 1. The van der Waals surface area contributed by atoms with Crippen LogP contribution in [0.3, 0.4) is 0 Å². The molecular formula is C32H40N4O3S. The highest BCUT2D eigenvalue weighted by molar-refractivity contribution is 7.89. The van der Waals surface area contributed by atoms with Crippen molar-refractivity contribution in [3.05, 3.63) is 88.5 Å². The fraction of sp³-hybridized carbons (Fsp3) is 0.406. The van der Waals surface area contributed by atoms with Crippen molar-refractivity contribution >= 4 is 27.3 Å². The van der Waals surface area contributed by atoms with Gasteiger partial charge in [-0.25, -0.2) is 13.6 Å². The minimum Gasteiger partial charge on any atom is -0.371 e. The molecule has 3 aromatic rings. The first kappa shape index (κ1) is 28.2. The molecule has 1 amide bonds. The maximum atomic E-state index is 13.7. The van der Waals surface area contributed by atoms with Crippen LogP contribution in [-0.2, 0) is 16.4 Å². The van der Waals surface area contributed by atoms with E-state index in [0.29, 0.717) is 37.8 Å². The lowest BCUT2D eigenvalue weighted by Gasteiger charge is -2.37. The fourth-order valence-corrected chi connectivity index (χ4v) is 6.99. The molecule has 3 aromatic carbocycles. The van der Waals surface area contributed by atoms with E-state index in [1.165, 1.54) is 28.4 Å². The van der Waals surface area contributed by atoms with Gasteiger partial charge >= 0.3 is 0 Å². The summed E-state index contributed by atoms with van der Waals surface area (Å²) in [6, 6.07) is 19.7. The Morgan fingerprint density at radius 3 is 2.02 bits per heavy atom. The van der Waals surface area contributed by atoms with E-state index >= 15 is 0 Å². The Morgan fingerprint density at radius 1 is 0.775 bits per heavy atom. The molecule has 7 nitrogen and oxygen atoms in total. The molecule has 2 aliphatic rings. The Labute approximate surface area is 238 Å². The number of nitrogens with two attached hydrogens (primary N) is 1. The van der Waals surface area contributed by atoms with Gasteiger partial charge in [0, 0.05) is 50.5 Å². The van der Waals surface area contributed by atoms with Gasteiger partial charge in [0.1, 0.15) is 4.90 Å². The Hall–Kier alpha value is -3.36. The molecule has 0 saturated carbocycles. The number of hydrogen-bond donors (Lipinski definition) is 1. The maximum Gasteiger partial charge on any atom is 0.254 e. The van der Waals surface area contributed by atoms with E-state index in [2.05, 4.69) is 55.1 Å². The zero-order valence-electron chi connectivity index (χ0n) is 23.8. The van der Waals surface area contributed by atoms with E-state index in [1.807, 2.05) is 22.8 Å². The molecule has 40 heavy (non-hydrogen) atoms. The number of anilines is 2. The van der Waals surface area contributed by atoms with Crippen molar-refractivity contribution in [3.8, 4) is 0 Å². The number of carbonyl (C=O) groups is 1. The first-order chi connectivity index (χ1) is 19.1. The van der Waals surface area contributed by atoms with E-state index in [4.69, 9.17) is 5.14 Å². The summed E-state index contributed by atoms with van der Waals surface area (Å²) >= 11 is 0. The number of para-hydroxylation sites is 2. The molecule has 2 heterocycles. The molecule has 2 fully saturated rings. The lowest BCUT2D eigenvalue weighted by atomic mass is 9.86. The molecule has 2 aliphatic heterocycles. The van der Waals surface area contributed by atoms with Crippen LogP contribution in [0.5, 0.6) is 0 Å². The molecule has 0 aliphatic carbocycles. The molecule has 5 rings (SSSR count). The third-order valence-corrected chi connectivity index (χ3v) is 9.53. The normalized spacial score (nSPS) is 16.9. The van der Waals surface area contributed by atoms with Gasteiger partial charge in [-0.1, -0.05) is 36.4 Å². The van der Waals surface area contributed by atoms with E-state index in [1.54, 1.807) is 12.1 Å². The van der Waals surface area contributed by atoms with Crippen LogP contribution in [0.15, 0.2) is 65.6 Å². The van der Waals surface area contributed by atoms with Crippen LogP contribution in [0, 0.1) is 26.7 Å². The number of hydrogen-bond acceptors (Lipinski definition) is 5. The van der Waals surface area contributed by atoms with Crippen LogP contribution in [0.25, 0.3) is 0 Å². The van der Waals surface area contributed by atoms with Crippen LogP contribution < -0.4 is 14.9 Å². The quantitative estimate of drug-likeness (QED) is 0.473. The number of aryl methyl sites for hydroxylation is 3. The summed E-state index contributed by atoms with van der Waals surface area (Å²) in [7, 11) is -3.83. The van der Waals surface area contributed by atoms with Crippen LogP contribution in [-0.4, -0.2) is 58.5 Å². The number of benzene rings is 3. The second-order valence-corrected chi connectivity index (χ2v) is 12.8. The summed E-state index contributed by atoms with van der Waals surface area (Å²) in [5, 5.41) is 5.44. The molecule has 2 saturated heterocycles. The predicted molar refractivity (Wildman–Crippen MR) is 162 cm³/mol. The third-order valence-electron chi connectivity index (χ3n) is 8.57. The van der Waals surface area contributed by atoms with Crippen LogP contribution >= 0.6 is 0 Å². The van der Waals surface area contributed by atoms with Crippen molar-refractivity contribution in [1.82, 2.24) is 4.90 Å². The summed E-state index contributed by atoms with van der Waals surface area (Å²) in [6.07, 6.45) is 3.28. The molecule has 0 bridgehead atoms. The lowest BCUT2D eigenvalue weighted by molar-refractivity contribution is 0.0745. The summed E-state index contributed by atoms with van der Waals surface area (Å²) in [5.74, 6) is 0.652. The van der Waals surface area contributed by atoms with Gasteiger partial charge in [0.05, 0.1) is 5.69 Å². The van der Waals surface area contributed by atoms with E-state index in [0.717, 1.165) is 43.5 Å². The predicted octanol–water partition coefficient (Wildman–Crippen LogP) is 4.68. The highest BCUT2D eigenvalue weighted by Gasteiger charge is 2.27. The summed E-state index contributed by atoms with van der Waals surface area (Å²) in [4.78, 5) is 20.2. The van der Waals surface area contributed by atoms with Crippen LogP contribution in [0.2, 0.25) is 0 Å². The Kier molecular flexibility index (Phi) is 8.19. The molecule has 0 atom stereocenters. The van der Waals surface area contributed by atoms with E-state index < -0.39 is 10.0 Å². The molecule has 0 spiro atoms. The van der Waals surface area contributed by atoms with Crippen molar-refractivity contribution < 1.29 is 13.2 Å². The highest BCUT2D eigenvalue weighted by Crippen LogP contribution is 2.30. The second kappa shape index (κ2) is 11.6. The second-order valence-electron chi connectivity index (χ2n) is 11.3. The topological polar surface area (TPSA) is 87.0 Å². The van der Waals surface area contributed by atoms with Gasteiger partial charge in [0.2, 0.25) is 10.0 Å². The Morgan fingerprint density at radius 2 is 1.38 bits per heavy atom. The lowest BCUT2D eigenvalue weighted by Crippen LogP contribution is -2.49. The molecular weight excluding hydrogens is 520 g/mol. The minimum absolute atomic E-state index is 0.0486. The number of amides is 1. The zero-order valence-corrected chi connectivity index (χ0v) is 24.6. The number of sulfonamides is 1. The van der Waals surface area contributed by atoms with Crippen molar-refractivity contribution in [3.63, 3.8) is 0 Å². The van der Waals surface area contributed by atoms with Crippen molar-refractivity contribution in [2.45, 2.75) is 44.9 Å². The molecule has 2 N–H and O–H groups in total. The van der Waals surface area contributed by atoms with Crippen molar-refractivity contribution in [1.29, 1.82) is 0 Å². The monoisotopic (exact) mass is 560 g/mol. The standard InChI is InChI=1S/C32H40N4O3S/c1-23-8-4-5-9-29(23)34-14-12-26(13-15-34)21-27-22-28(25(3)20-24(27)2)32(37)36-18-16-35(17-19-36)30-10-6-7-11-31(30)40(33,38)39/h4-11,20,22,26H,12-19,21H2,1-3H3,(H2,33,38,39). The van der Waals surface area contributed by atoms with Gasteiger partial charge in [-0.3, -0.25) is 4.79 Å². The largest absolute Gasteiger partial charge is 0.371 e. The van der Waals surface area contributed by atoms with Crippen molar-refractivity contribution in [2.24, 2.45) is 11.1 Å². The van der Waals surface area contributed by atoms with E-state index in [9.17, 15) is 13.2 Å². The summed E-state index contributed by atoms with van der Waals surface area (Å²) in [5.41, 5.74) is 7.56. The van der Waals surface area contributed by atoms with Crippen molar-refractivity contribution in [2.75, 3.05) is 49.1 Å². The number of carbonyl (C=O) groups excluding carboxylic acids is 1. The van der Waals surface area contributed by atoms with Gasteiger partial charge in [-0.2, -0.15) is 0 Å². The molecule has 212 valence electrons. The summed E-state index contributed by atoms with van der Waals surface area (Å²) in [6.45, 7) is 10.6. The first-order valence-corrected chi connectivity index (χ1v) is 15.7. The average molecular weight is 561 g/mol. The SMILES string of the molecule is Cc1cc(C)c(C(=O)N2CCN(c3ccccc3S(N)(=O)=O)CC2)cc1CC1CCN(c2ccccc2C)CC1. The smallest absolute Gasteiger partial charge is 0.254 e. The van der Waals surface area contributed by atoms with Gasteiger partial charge in [0.15, 0.2) is 0 Å². The van der Waals surface area contributed by atoms with E-state index in [-0.39, 0.29) is 10.8 Å². The average Bonchev–Trinajstić information content (AvgIpc) is 2.94. The van der Waals surface area contributed by atoms with Gasteiger partial charge in [-0.05, 0) is 92.5 Å². The minimum atomic E-state index is -3.83. The highest BCUT2D eigenvalue weighted by atomic mass is 32.2. The fourth-order valence-electron chi connectivity index (χ4n) is 6.23. The van der Waals surface area contributed by atoms with Crippen LogP contribution in [0.1, 0.15) is 45.5 Å². The number of piperazine rings is 1. The molecule has 0 aromatic heterocycles. The maximum absolute atomic E-state index is 13.7. The number of piperidine rings is 1. The van der Waals surface area contributed by atoms with Gasteiger partial charge < -0.3 is 14.7 Å². The molecule has 0 radical (unpaired) electrons. The Balaban J connectivity index is 1.24. The number of rotatable bonds is 6. The van der Waals surface area contributed by atoms with Crippen LogP contribution in [0.4, 0.5) is 11.4 Å². The first-order valence-electron chi connectivity index (χ1n) is 14.2. The Bertz CT molecular complexity index is 1490. The molecule has 0 unspecified atom stereocenters. The third kappa shape index (κ3) is 6.03. The summed E-state index contributed by atoms with van der Waals surface area (Å²) < 4.78 is 24.1.